The largest absolute Gasteiger partial charge is 0.326 e. The van der Waals surface area contributed by atoms with Crippen LogP contribution in [0.3, 0.4) is 0 Å². The fourth-order valence-electron chi connectivity index (χ4n) is 3.06. The first-order valence-electron chi connectivity index (χ1n) is 8.64. The van der Waals surface area contributed by atoms with Crippen molar-refractivity contribution in [2.75, 3.05) is 10.6 Å². The molecule has 0 aliphatic carbocycles. The quantitative estimate of drug-likeness (QED) is 0.513. The van der Waals surface area contributed by atoms with E-state index in [4.69, 9.17) is 0 Å². The van der Waals surface area contributed by atoms with Crippen molar-refractivity contribution in [3.63, 3.8) is 0 Å². The Morgan fingerprint density at radius 1 is 1.07 bits per heavy atom. The number of hydrogen-bond acceptors (Lipinski definition) is 4. The Kier molecular flexibility index (Phi) is 4.63. The average molecular weight is 388 g/mol. The number of rotatable bonds is 4. The van der Waals surface area contributed by atoms with Crippen LogP contribution in [0.15, 0.2) is 60.0 Å². The van der Waals surface area contributed by atoms with E-state index in [1.165, 1.54) is 18.3 Å². The van der Waals surface area contributed by atoms with E-state index in [1.807, 2.05) is 23.6 Å². The second-order valence-electron chi connectivity index (χ2n) is 6.38. The van der Waals surface area contributed by atoms with Gasteiger partial charge in [0.25, 0.3) is 5.91 Å². The summed E-state index contributed by atoms with van der Waals surface area (Å²) < 4.78 is 0. The van der Waals surface area contributed by atoms with Gasteiger partial charge in [-0.1, -0.05) is 18.2 Å². The first kappa shape index (κ1) is 17.9. The molecule has 2 N–H and O–H groups in total. The summed E-state index contributed by atoms with van der Waals surface area (Å²) in [5, 5.41) is 7.40. The number of anilines is 2. The van der Waals surface area contributed by atoms with Crippen molar-refractivity contribution in [1.29, 1.82) is 0 Å². The highest BCUT2D eigenvalue weighted by molar-refractivity contribution is 7.12. The Bertz CT molecular complexity index is 1110. The maximum atomic E-state index is 12.6. The summed E-state index contributed by atoms with van der Waals surface area (Å²) in [4.78, 5) is 36.9. The monoisotopic (exact) mass is 388 g/mol. The van der Waals surface area contributed by atoms with Gasteiger partial charge in [-0.25, -0.2) is 0 Å². The van der Waals surface area contributed by atoms with E-state index in [1.54, 1.807) is 42.5 Å². The minimum absolute atomic E-state index is 0.0591. The van der Waals surface area contributed by atoms with Gasteiger partial charge in [-0.15, -0.1) is 11.3 Å². The van der Waals surface area contributed by atoms with Gasteiger partial charge in [0.15, 0.2) is 0 Å². The maximum Gasteiger partial charge on any atom is 0.256 e. The Morgan fingerprint density at radius 3 is 2.54 bits per heavy atom. The van der Waals surface area contributed by atoms with Crippen molar-refractivity contribution in [1.82, 2.24) is 0 Å². The molecule has 5 nitrogen and oxygen atoms in total. The van der Waals surface area contributed by atoms with Crippen molar-refractivity contribution >= 4 is 52.0 Å². The van der Waals surface area contributed by atoms with Crippen molar-refractivity contribution < 1.29 is 14.4 Å². The number of hydrogen-bond donors (Lipinski definition) is 2. The number of fused-ring (bicyclic) bond motifs is 1. The van der Waals surface area contributed by atoms with Crippen molar-refractivity contribution in [2.24, 2.45) is 0 Å². The summed E-state index contributed by atoms with van der Waals surface area (Å²) in [5.74, 6) is -0.407. The number of carbonyl (C=O) groups is 3. The standard InChI is InChI=1S/C22H16N2O3S/c1-13(25)23-16-7-4-14(5-8-16)11-18-17-12-15(6-9-19(17)24-22(18)27)21(26)20-3-2-10-28-20/h2-12H,1H3,(H,23,25)(H,24,27)/b18-11+. The molecule has 0 saturated heterocycles. The van der Waals surface area contributed by atoms with Crippen molar-refractivity contribution in [2.45, 2.75) is 6.92 Å². The molecule has 28 heavy (non-hydrogen) atoms. The third-order valence-electron chi connectivity index (χ3n) is 4.35. The van der Waals surface area contributed by atoms with Crippen LogP contribution in [-0.4, -0.2) is 17.6 Å². The zero-order valence-electron chi connectivity index (χ0n) is 15.0. The third kappa shape index (κ3) is 3.50. The van der Waals surface area contributed by atoms with E-state index in [9.17, 15) is 14.4 Å². The van der Waals surface area contributed by atoms with E-state index in [0.29, 0.717) is 33.0 Å². The van der Waals surface area contributed by atoms with Gasteiger partial charge in [-0.2, -0.15) is 0 Å². The van der Waals surface area contributed by atoms with Crippen LogP contribution < -0.4 is 10.6 Å². The van der Waals surface area contributed by atoms with E-state index in [2.05, 4.69) is 10.6 Å². The van der Waals surface area contributed by atoms with Crippen LogP contribution in [0.5, 0.6) is 0 Å². The van der Waals surface area contributed by atoms with Crippen LogP contribution in [0, 0.1) is 0 Å². The number of amides is 2. The van der Waals surface area contributed by atoms with Gasteiger partial charge >= 0.3 is 0 Å². The normalized spacial score (nSPS) is 13.9. The summed E-state index contributed by atoms with van der Waals surface area (Å²) in [5.41, 5.74) is 3.96. The summed E-state index contributed by atoms with van der Waals surface area (Å²) >= 11 is 1.39. The first-order valence-corrected chi connectivity index (χ1v) is 9.52. The average Bonchev–Trinajstić information content (AvgIpc) is 3.31. The Hall–Kier alpha value is -3.51. The summed E-state index contributed by atoms with van der Waals surface area (Å²) in [6.07, 6.45) is 1.78. The zero-order chi connectivity index (χ0) is 19.7. The molecule has 0 spiro atoms. The molecule has 1 aliphatic rings. The highest BCUT2D eigenvalue weighted by Gasteiger charge is 2.25. The number of nitrogens with one attached hydrogen (secondary N) is 2. The Morgan fingerprint density at radius 2 is 1.86 bits per heavy atom. The molecule has 0 bridgehead atoms. The number of benzene rings is 2. The zero-order valence-corrected chi connectivity index (χ0v) is 15.8. The van der Waals surface area contributed by atoms with E-state index >= 15 is 0 Å². The van der Waals surface area contributed by atoms with Gasteiger partial charge in [-0.3, -0.25) is 14.4 Å². The molecule has 6 heteroatoms. The molecule has 0 unspecified atom stereocenters. The number of ketones is 1. The molecule has 0 fully saturated rings. The van der Waals surface area contributed by atoms with Gasteiger partial charge in [0.1, 0.15) is 0 Å². The van der Waals surface area contributed by atoms with Crippen molar-refractivity contribution in [3.8, 4) is 0 Å². The van der Waals surface area contributed by atoms with Gasteiger partial charge < -0.3 is 10.6 Å². The van der Waals surface area contributed by atoms with Crippen molar-refractivity contribution in [3.05, 3.63) is 81.5 Å². The molecule has 1 aliphatic heterocycles. The first-order chi connectivity index (χ1) is 13.5. The number of thiophene rings is 1. The van der Waals surface area contributed by atoms with Gasteiger partial charge in [0.2, 0.25) is 11.7 Å². The molecular formula is C22H16N2O3S. The molecule has 4 rings (SSSR count). The van der Waals surface area contributed by atoms with Crippen LogP contribution >= 0.6 is 11.3 Å². The Balaban J connectivity index is 1.67. The van der Waals surface area contributed by atoms with E-state index in [0.717, 1.165) is 5.56 Å². The molecule has 0 radical (unpaired) electrons. The lowest BCUT2D eigenvalue weighted by molar-refractivity contribution is -0.114. The topological polar surface area (TPSA) is 75.3 Å². The molecule has 0 atom stereocenters. The fraction of sp³-hybridized carbons (Fsp3) is 0.0455. The SMILES string of the molecule is CC(=O)Nc1ccc(/C=C2/C(=O)Nc3ccc(C(=O)c4cccs4)cc32)cc1. The second kappa shape index (κ2) is 7.25. The predicted molar refractivity (Wildman–Crippen MR) is 111 cm³/mol. The van der Waals surface area contributed by atoms with E-state index < -0.39 is 0 Å². The van der Waals surface area contributed by atoms with Crippen LogP contribution in [-0.2, 0) is 9.59 Å². The summed E-state index contributed by atoms with van der Waals surface area (Å²) in [6.45, 7) is 1.45. The van der Waals surface area contributed by atoms with E-state index in [-0.39, 0.29) is 17.6 Å². The van der Waals surface area contributed by atoms with Gasteiger partial charge in [-0.05, 0) is 53.4 Å². The number of carbonyl (C=O) groups excluding carboxylic acids is 3. The lowest BCUT2D eigenvalue weighted by Crippen LogP contribution is -2.05. The minimum atomic E-state index is -0.207. The lowest BCUT2D eigenvalue weighted by atomic mass is 9.99. The molecular weight excluding hydrogens is 372 g/mol. The highest BCUT2D eigenvalue weighted by atomic mass is 32.1. The van der Waals surface area contributed by atoms with Crippen LogP contribution in [0.4, 0.5) is 11.4 Å². The van der Waals surface area contributed by atoms with Crippen LogP contribution in [0.2, 0.25) is 0 Å². The molecule has 1 aromatic heterocycles. The smallest absolute Gasteiger partial charge is 0.256 e. The maximum absolute atomic E-state index is 12.6. The Labute approximate surface area is 165 Å². The minimum Gasteiger partial charge on any atom is -0.326 e. The van der Waals surface area contributed by atoms with Crippen LogP contribution in [0.25, 0.3) is 11.6 Å². The predicted octanol–water partition coefficient (Wildman–Crippen LogP) is 4.43. The third-order valence-corrected chi connectivity index (χ3v) is 5.22. The lowest BCUT2D eigenvalue weighted by Gasteiger charge is -2.04. The fourth-order valence-corrected chi connectivity index (χ4v) is 3.74. The van der Waals surface area contributed by atoms with Crippen LogP contribution in [0.1, 0.15) is 33.3 Å². The molecule has 138 valence electrons. The summed E-state index contributed by atoms with van der Waals surface area (Å²) in [7, 11) is 0. The summed E-state index contributed by atoms with van der Waals surface area (Å²) in [6, 6.07) is 16.1. The van der Waals surface area contributed by atoms with Gasteiger partial charge in [0.05, 0.1) is 4.88 Å². The molecule has 2 amide bonds. The van der Waals surface area contributed by atoms with Gasteiger partial charge in [0, 0.05) is 35.0 Å². The molecule has 3 aromatic rings. The molecule has 2 heterocycles. The highest BCUT2D eigenvalue weighted by Crippen LogP contribution is 2.34. The molecule has 2 aromatic carbocycles. The second-order valence-corrected chi connectivity index (χ2v) is 7.33. The molecule has 0 saturated carbocycles.